The Bertz CT molecular complexity index is 681. The van der Waals surface area contributed by atoms with E-state index in [2.05, 4.69) is 20.7 Å². The highest BCUT2D eigenvalue weighted by Gasteiger charge is 2.04. The molecule has 1 aromatic carbocycles. The van der Waals surface area contributed by atoms with Crippen molar-refractivity contribution >= 4 is 17.5 Å². The van der Waals surface area contributed by atoms with Crippen LogP contribution in [0.15, 0.2) is 30.3 Å². The summed E-state index contributed by atoms with van der Waals surface area (Å²) in [7, 11) is 0. The van der Waals surface area contributed by atoms with Crippen molar-refractivity contribution < 1.29 is 0 Å². The third kappa shape index (κ3) is 2.94. The van der Waals surface area contributed by atoms with E-state index in [9.17, 15) is 0 Å². The first-order chi connectivity index (χ1) is 9.25. The summed E-state index contributed by atoms with van der Waals surface area (Å²) in [5, 5.41) is 20.6. The third-order valence-electron chi connectivity index (χ3n) is 2.23. The minimum Gasteiger partial charge on any atom is -0.340 e. The monoisotopic (exact) mass is 251 g/mol. The van der Waals surface area contributed by atoms with Gasteiger partial charge in [-0.1, -0.05) is 6.07 Å². The molecule has 0 aliphatic carbocycles. The zero-order valence-electron chi connectivity index (χ0n) is 9.75. The van der Waals surface area contributed by atoms with Crippen LogP contribution in [-0.2, 0) is 0 Å². The number of anilines is 3. The van der Waals surface area contributed by atoms with E-state index in [1.54, 1.807) is 24.3 Å². The van der Waals surface area contributed by atoms with Crippen molar-refractivity contribution in [3.63, 3.8) is 0 Å². The lowest BCUT2D eigenvalue weighted by molar-refractivity contribution is 1.10. The van der Waals surface area contributed by atoms with Gasteiger partial charge < -0.3 is 5.32 Å². The van der Waals surface area contributed by atoms with Crippen LogP contribution < -0.4 is 16.6 Å². The van der Waals surface area contributed by atoms with E-state index in [1.807, 2.05) is 12.1 Å². The van der Waals surface area contributed by atoms with Gasteiger partial charge in [0.05, 0.1) is 11.6 Å². The normalized spacial score (nSPS) is 9.21. The molecule has 1 aromatic heterocycles. The summed E-state index contributed by atoms with van der Waals surface area (Å²) in [4.78, 5) is 7.90. The van der Waals surface area contributed by atoms with Crippen molar-refractivity contribution in [1.82, 2.24) is 9.97 Å². The zero-order valence-corrected chi connectivity index (χ0v) is 9.75. The molecule has 7 heteroatoms. The Kier molecular flexibility index (Phi) is 3.53. The second-order valence-electron chi connectivity index (χ2n) is 3.54. The fraction of sp³-hybridized carbons (Fsp3) is 0. The summed E-state index contributed by atoms with van der Waals surface area (Å²) in [6.07, 6.45) is 0. The number of benzene rings is 1. The molecule has 0 amide bonds. The average molecular weight is 251 g/mol. The van der Waals surface area contributed by atoms with Gasteiger partial charge in [0.2, 0.25) is 5.95 Å². The minimum atomic E-state index is 0.137. The van der Waals surface area contributed by atoms with Crippen molar-refractivity contribution in [2.75, 3.05) is 10.7 Å². The smallest absolute Gasteiger partial charge is 0.240 e. The zero-order chi connectivity index (χ0) is 13.7. The fourth-order valence-electron chi connectivity index (χ4n) is 1.45. The molecule has 0 spiro atoms. The molecule has 1 heterocycles. The molecule has 0 aliphatic rings. The van der Waals surface area contributed by atoms with Crippen LogP contribution in [0.3, 0.4) is 0 Å². The minimum absolute atomic E-state index is 0.137. The maximum atomic E-state index is 8.85. The molecule has 0 radical (unpaired) electrons. The molecule has 2 aromatic rings. The second-order valence-corrected chi connectivity index (χ2v) is 3.54. The lowest BCUT2D eigenvalue weighted by Gasteiger charge is -2.07. The first kappa shape index (κ1) is 12.3. The summed E-state index contributed by atoms with van der Waals surface area (Å²) in [6, 6.07) is 12.3. The molecule has 0 bridgehead atoms. The van der Waals surface area contributed by atoms with Crippen LogP contribution in [0.1, 0.15) is 11.3 Å². The van der Waals surface area contributed by atoms with Gasteiger partial charge in [-0.15, -0.1) is 0 Å². The van der Waals surface area contributed by atoms with Crippen LogP contribution in [0.5, 0.6) is 0 Å². The highest BCUT2D eigenvalue weighted by molar-refractivity contribution is 5.60. The average Bonchev–Trinajstić information content (AvgIpc) is 2.47. The first-order valence-corrected chi connectivity index (χ1v) is 5.28. The molecule has 0 saturated carbocycles. The molecule has 4 N–H and O–H groups in total. The first-order valence-electron chi connectivity index (χ1n) is 5.28. The number of nitrogens with one attached hydrogen (secondary N) is 2. The molecule has 0 atom stereocenters. The largest absolute Gasteiger partial charge is 0.340 e. The van der Waals surface area contributed by atoms with E-state index in [-0.39, 0.29) is 11.6 Å². The van der Waals surface area contributed by atoms with Crippen LogP contribution in [0.25, 0.3) is 0 Å². The molecular formula is C12H9N7. The maximum absolute atomic E-state index is 8.85. The Balaban J connectivity index is 2.32. The summed E-state index contributed by atoms with van der Waals surface area (Å²) in [5.74, 6) is 5.77. The van der Waals surface area contributed by atoms with Gasteiger partial charge in [-0.05, 0) is 18.2 Å². The lowest BCUT2D eigenvalue weighted by atomic mass is 10.2. The quantitative estimate of drug-likeness (QED) is 0.554. The van der Waals surface area contributed by atoms with Crippen molar-refractivity contribution in [3.05, 3.63) is 41.6 Å². The van der Waals surface area contributed by atoms with Crippen LogP contribution in [0.4, 0.5) is 17.5 Å². The maximum Gasteiger partial charge on any atom is 0.240 e. The van der Waals surface area contributed by atoms with Crippen LogP contribution in [0, 0.1) is 22.7 Å². The highest BCUT2D eigenvalue weighted by Crippen LogP contribution is 2.17. The lowest BCUT2D eigenvalue weighted by Crippen LogP contribution is -2.12. The molecule has 0 aliphatic heterocycles. The predicted molar refractivity (Wildman–Crippen MR) is 69.0 cm³/mol. The van der Waals surface area contributed by atoms with E-state index < -0.39 is 0 Å². The number of nitrogens with two attached hydrogens (primary N) is 1. The molecule has 0 fully saturated rings. The van der Waals surface area contributed by atoms with Crippen molar-refractivity contribution in [3.8, 4) is 12.1 Å². The van der Waals surface area contributed by atoms with Crippen LogP contribution in [-0.4, -0.2) is 9.97 Å². The van der Waals surface area contributed by atoms with Gasteiger partial charge in [0.15, 0.2) is 0 Å². The molecule has 19 heavy (non-hydrogen) atoms. The van der Waals surface area contributed by atoms with Gasteiger partial charge >= 0.3 is 0 Å². The Labute approximate surface area is 109 Å². The van der Waals surface area contributed by atoms with E-state index >= 15 is 0 Å². The van der Waals surface area contributed by atoms with Crippen LogP contribution >= 0.6 is 0 Å². The number of hydrogen-bond acceptors (Lipinski definition) is 7. The number of hydrazine groups is 1. The van der Waals surface area contributed by atoms with Crippen molar-refractivity contribution in [2.45, 2.75) is 0 Å². The van der Waals surface area contributed by atoms with E-state index in [4.69, 9.17) is 16.4 Å². The van der Waals surface area contributed by atoms with Gasteiger partial charge in [0, 0.05) is 11.8 Å². The van der Waals surface area contributed by atoms with Crippen molar-refractivity contribution in [1.29, 1.82) is 10.5 Å². The standard InChI is InChI=1S/C12H9N7/c13-6-8-2-1-3-9(4-8)16-11-5-10(7-14)17-12(18-11)19-15/h1-5H,15H2,(H2,16,17,18,19). The number of hydrogen-bond donors (Lipinski definition) is 3. The number of nitrogen functional groups attached to an aromatic ring is 1. The molecule has 92 valence electrons. The number of nitrogens with zero attached hydrogens (tertiary/aromatic N) is 4. The second kappa shape index (κ2) is 5.45. The number of nitriles is 2. The fourth-order valence-corrected chi connectivity index (χ4v) is 1.45. The van der Waals surface area contributed by atoms with E-state index in [1.165, 1.54) is 6.07 Å². The third-order valence-corrected chi connectivity index (χ3v) is 2.23. The molecule has 0 unspecified atom stereocenters. The summed E-state index contributed by atoms with van der Waals surface area (Å²) < 4.78 is 0. The SMILES string of the molecule is N#Cc1cccc(Nc2cc(C#N)nc(NN)n2)c1. The predicted octanol–water partition coefficient (Wildman–Crippen LogP) is 1.25. The van der Waals surface area contributed by atoms with E-state index in [0.29, 0.717) is 17.1 Å². The van der Waals surface area contributed by atoms with Crippen molar-refractivity contribution in [2.24, 2.45) is 5.84 Å². The summed E-state index contributed by atoms with van der Waals surface area (Å²) in [6.45, 7) is 0. The van der Waals surface area contributed by atoms with Gasteiger partial charge in [-0.3, -0.25) is 5.43 Å². The van der Waals surface area contributed by atoms with Gasteiger partial charge in [0.1, 0.15) is 17.6 Å². The number of aromatic nitrogens is 2. The molecule has 7 nitrogen and oxygen atoms in total. The summed E-state index contributed by atoms with van der Waals surface area (Å²) >= 11 is 0. The van der Waals surface area contributed by atoms with Crippen LogP contribution in [0.2, 0.25) is 0 Å². The number of rotatable bonds is 3. The molecule has 2 rings (SSSR count). The van der Waals surface area contributed by atoms with Gasteiger partial charge in [-0.25, -0.2) is 10.8 Å². The molecule has 0 saturated heterocycles. The Morgan fingerprint density at radius 1 is 1.11 bits per heavy atom. The Morgan fingerprint density at radius 3 is 2.63 bits per heavy atom. The van der Waals surface area contributed by atoms with E-state index in [0.717, 1.165) is 0 Å². The highest BCUT2D eigenvalue weighted by atomic mass is 15.3. The topological polar surface area (TPSA) is 123 Å². The Morgan fingerprint density at radius 2 is 1.95 bits per heavy atom. The summed E-state index contributed by atoms with van der Waals surface area (Å²) in [5.41, 5.74) is 3.68. The van der Waals surface area contributed by atoms with Gasteiger partial charge in [0.25, 0.3) is 0 Å². The molecular weight excluding hydrogens is 242 g/mol. The Hall–Kier alpha value is -3.16. The van der Waals surface area contributed by atoms with Gasteiger partial charge in [-0.2, -0.15) is 15.5 Å².